The lowest BCUT2D eigenvalue weighted by atomic mass is 10.3. The Labute approximate surface area is 164 Å². The molecule has 1 atom stereocenters. The van der Waals surface area contributed by atoms with Gasteiger partial charge in [0.05, 0.1) is 18.8 Å². The van der Waals surface area contributed by atoms with Crippen LogP contribution in [0, 0.1) is 0 Å². The summed E-state index contributed by atoms with van der Waals surface area (Å²) in [6.07, 6.45) is 0.393. The first-order valence-electron chi connectivity index (χ1n) is 7.60. The Bertz CT molecular complexity index is 684. The van der Waals surface area contributed by atoms with Gasteiger partial charge < -0.3 is 10.6 Å². The number of fused-ring (bicyclic) bond motifs is 1. The SMILES string of the molecule is CN=C(NCc1cn2ccsc2n1)NC1CCN(CC(F)(F)F)C1.I. The van der Waals surface area contributed by atoms with Crippen molar-refractivity contribution in [2.45, 2.75) is 25.2 Å². The van der Waals surface area contributed by atoms with Crippen molar-refractivity contribution in [2.75, 3.05) is 26.7 Å². The molecule has 1 unspecified atom stereocenters. The Balaban J connectivity index is 0.00000225. The Hall–Kier alpha value is -1.08. The molecule has 1 aliphatic rings. The summed E-state index contributed by atoms with van der Waals surface area (Å²) < 4.78 is 39.2. The summed E-state index contributed by atoms with van der Waals surface area (Å²) in [6.45, 7) is 0.446. The number of nitrogens with zero attached hydrogens (tertiary/aromatic N) is 4. The maximum Gasteiger partial charge on any atom is 0.401 e. The quantitative estimate of drug-likeness (QED) is 0.394. The minimum Gasteiger partial charge on any atom is -0.352 e. The van der Waals surface area contributed by atoms with E-state index in [0.29, 0.717) is 32.0 Å². The first kappa shape index (κ1) is 20.2. The molecule has 0 amide bonds. The molecule has 2 aromatic rings. The van der Waals surface area contributed by atoms with Gasteiger partial charge in [-0.3, -0.25) is 14.3 Å². The molecule has 0 radical (unpaired) electrons. The van der Waals surface area contributed by atoms with E-state index >= 15 is 0 Å². The molecule has 3 heterocycles. The van der Waals surface area contributed by atoms with Crippen molar-refractivity contribution >= 4 is 46.2 Å². The summed E-state index contributed by atoms with van der Waals surface area (Å²) in [7, 11) is 1.64. The smallest absolute Gasteiger partial charge is 0.352 e. The van der Waals surface area contributed by atoms with E-state index in [1.54, 1.807) is 18.4 Å². The molecule has 3 rings (SSSR count). The lowest BCUT2D eigenvalue weighted by molar-refractivity contribution is -0.143. The van der Waals surface area contributed by atoms with Crippen LogP contribution in [0.5, 0.6) is 0 Å². The zero-order chi connectivity index (χ0) is 17.2. The average molecular weight is 488 g/mol. The van der Waals surface area contributed by atoms with Gasteiger partial charge in [-0.2, -0.15) is 13.2 Å². The third-order valence-electron chi connectivity index (χ3n) is 3.82. The molecular weight excluding hydrogens is 468 g/mol. The molecule has 25 heavy (non-hydrogen) atoms. The average Bonchev–Trinajstić information content (AvgIpc) is 3.17. The second kappa shape index (κ2) is 8.54. The van der Waals surface area contributed by atoms with Gasteiger partial charge >= 0.3 is 6.18 Å². The molecule has 2 N–H and O–H groups in total. The lowest BCUT2D eigenvalue weighted by Gasteiger charge is -2.19. The van der Waals surface area contributed by atoms with Crippen molar-refractivity contribution in [2.24, 2.45) is 4.99 Å². The maximum absolute atomic E-state index is 12.4. The Morgan fingerprint density at radius 2 is 2.28 bits per heavy atom. The number of nitrogens with one attached hydrogen (secondary N) is 2. The Morgan fingerprint density at radius 3 is 2.96 bits per heavy atom. The number of aliphatic imine (C=N–C) groups is 1. The minimum absolute atomic E-state index is 0. The predicted octanol–water partition coefficient (Wildman–Crippen LogP) is 2.32. The van der Waals surface area contributed by atoms with Crippen molar-refractivity contribution in [3.05, 3.63) is 23.5 Å². The van der Waals surface area contributed by atoms with Crippen molar-refractivity contribution in [3.63, 3.8) is 0 Å². The largest absolute Gasteiger partial charge is 0.401 e. The molecule has 0 aromatic carbocycles. The number of likely N-dealkylation sites (tertiary alicyclic amines) is 1. The number of halogens is 4. The fourth-order valence-corrected chi connectivity index (χ4v) is 3.49. The van der Waals surface area contributed by atoms with Gasteiger partial charge in [-0.1, -0.05) is 0 Å². The number of alkyl halides is 3. The summed E-state index contributed by atoms with van der Waals surface area (Å²) in [5.74, 6) is 0.574. The monoisotopic (exact) mass is 488 g/mol. The number of thiazole rings is 1. The second-order valence-corrected chi connectivity index (χ2v) is 6.60. The molecule has 0 saturated carbocycles. The third-order valence-corrected chi connectivity index (χ3v) is 4.59. The van der Waals surface area contributed by atoms with Crippen molar-refractivity contribution in [1.82, 2.24) is 24.9 Å². The fraction of sp³-hybridized carbons (Fsp3) is 0.571. The highest BCUT2D eigenvalue weighted by Crippen LogP contribution is 2.19. The Morgan fingerprint density at radius 1 is 1.48 bits per heavy atom. The molecule has 0 bridgehead atoms. The fourth-order valence-electron chi connectivity index (χ4n) is 2.77. The van der Waals surface area contributed by atoms with Crippen LogP contribution in [0.2, 0.25) is 0 Å². The number of guanidine groups is 1. The van der Waals surface area contributed by atoms with E-state index in [9.17, 15) is 13.2 Å². The highest BCUT2D eigenvalue weighted by atomic mass is 127. The van der Waals surface area contributed by atoms with Gasteiger partial charge in [-0.05, 0) is 6.42 Å². The second-order valence-electron chi connectivity index (χ2n) is 5.73. The van der Waals surface area contributed by atoms with Crippen LogP contribution in [-0.2, 0) is 6.54 Å². The molecule has 1 saturated heterocycles. The highest BCUT2D eigenvalue weighted by molar-refractivity contribution is 14.0. The summed E-state index contributed by atoms with van der Waals surface area (Å²) in [4.78, 5) is 10.9. The van der Waals surface area contributed by atoms with Gasteiger partial charge in [-0.15, -0.1) is 35.3 Å². The lowest BCUT2D eigenvalue weighted by Crippen LogP contribution is -2.44. The molecule has 1 fully saturated rings. The van der Waals surface area contributed by atoms with Crippen LogP contribution in [0.3, 0.4) is 0 Å². The van der Waals surface area contributed by atoms with E-state index in [0.717, 1.165) is 10.7 Å². The number of aromatic nitrogens is 2. The van der Waals surface area contributed by atoms with E-state index in [2.05, 4.69) is 20.6 Å². The van der Waals surface area contributed by atoms with E-state index in [-0.39, 0.29) is 30.0 Å². The van der Waals surface area contributed by atoms with Crippen LogP contribution < -0.4 is 10.6 Å². The topological polar surface area (TPSA) is 57.0 Å². The van der Waals surface area contributed by atoms with Crippen LogP contribution in [0.25, 0.3) is 4.96 Å². The molecule has 2 aromatic heterocycles. The van der Waals surface area contributed by atoms with E-state index < -0.39 is 12.7 Å². The van der Waals surface area contributed by atoms with Crippen molar-refractivity contribution < 1.29 is 13.2 Å². The van der Waals surface area contributed by atoms with E-state index in [1.807, 2.05) is 22.2 Å². The number of hydrogen-bond acceptors (Lipinski definition) is 4. The molecule has 11 heteroatoms. The zero-order valence-electron chi connectivity index (χ0n) is 13.6. The molecule has 0 aliphatic carbocycles. The summed E-state index contributed by atoms with van der Waals surface area (Å²) >= 11 is 1.56. The van der Waals surface area contributed by atoms with Crippen LogP contribution in [0.15, 0.2) is 22.8 Å². The summed E-state index contributed by atoms with van der Waals surface area (Å²) in [5, 5.41) is 8.30. The molecule has 0 spiro atoms. The van der Waals surface area contributed by atoms with Gasteiger partial charge in [-0.25, -0.2) is 4.98 Å². The molecular formula is C14H20F3IN6S. The van der Waals surface area contributed by atoms with Crippen LogP contribution in [-0.4, -0.2) is 59.1 Å². The summed E-state index contributed by atoms with van der Waals surface area (Å²) in [5.41, 5.74) is 0.884. The van der Waals surface area contributed by atoms with Gasteiger partial charge in [0.1, 0.15) is 0 Å². The number of imidazole rings is 1. The van der Waals surface area contributed by atoms with E-state index in [1.165, 1.54) is 4.90 Å². The standard InChI is InChI=1S/C14H19F3N6S.HI/c1-18-12(19-6-11-8-23-4-5-24-13(23)21-11)20-10-2-3-22(7-10)9-14(15,16)17;/h4-5,8,10H,2-3,6-7,9H2,1H3,(H2,18,19,20);1H. The first-order chi connectivity index (χ1) is 11.4. The van der Waals surface area contributed by atoms with Gasteiger partial charge in [0.15, 0.2) is 10.9 Å². The maximum atomic E-state index is 12.4. The van der Waals surface area contributed by atoms with Gasteiger partial charge in [0.25, 0.3) is 0 Å². The van der Waals surface area contributed by atoms with Gasteiger partial charge in [0, 0.05) is 44.0 Å². The summed E-state index contributed by atoms with van der Waals surface area (Å²) in [6, 6.07) is -0.0379. The molecule has 6 nitrogen and oxygen atoms in total. The van der Waals surface area contributed by atoms with Crippen molar-refractivity contribution in [3.8, 4) is 0 Å². The molecule has 140 valence electrons. The van der Waals surface area contributed by atoms with Crippen LogP contribution in [0.1, 0.15) is 12.1 Å². The minimum atomic E-state index is -4.15. The number of hydrogen-bond donors (Lipinski definition) is 2. The van der Waals surface area contributed by atoms with Crippen LogP contribution >= 0.6 is 35.3 Å². The van der Waals surface area contributed by atoms with Crippen molar-refractivity contribution in [1.29, 1.82) is 0 Å². The normalized spacial score (nSPS) is 19.2. The first-order valence-corrected chi connectivity index (χ1v) is 8.48. The Kier molecular flexibility index (Phi) is 6.91. The third kappa shape index (κ3) is 5.71. The molecule has 1 aliphatic heterocycles. The van der Waals surface area contributed by atoms with E-state index in [4.69, 9.17) is 0 Å². The predicted molar refractivity (Wildman–Crippen MR) is 103 cm³/mol. The number of rotatable bonds is 4. The van der Waals surface area contributed by atoms with Gasteiger partial charge in [0.2, 0.25) is 0 Å². The zero-order valence-corrected chi connectivity index (χ0v) is 16.7. The highest BCUT2D eigenvalue weighted by Gasteiger charge is 2.34. The van der Waals surface area contributed by atoms with Crippen LogP contribution in [0.4, 0.5) is 13.2 Å².